The average molecular weight is 436 g/mol. The smallest absolute Gasteiger partial charge is 0.244 e. The Morgan fingerprint density at radius 1 is 1.28 bits per heavy atom. The molecule has 1 saturated heterocycles. The monoisotopic (exact) mass is 435 g/mol. The average Bonchev–Trinajstić information content (AvgIpc) is 2.75. The van der Waals surface area contributed by atoms with Crippen LogP contribution in [-0.2, 0) is 9.59 Å². The van der Waals surface area contributed by atoms with Crippen LogP contribution in [-0.4, -0.2) is 52.9 Å². The number of rotatable bonds is 6. The molecule has 29 heavy (non-hydrogen) atoms. The number of anilines is 2. The molecule has 0 aliphatic carbocycles. The first-order valence-corrected chi connectivity index (χ1v) is 10.3. The molecule has 1 atom stereocenters. The highest BCUT2D eigenvalue weighted by atomic mass is 35.5. The molecule has 7 nitrogen and oxygen atoms in total. The van der Waals surface area contributed by atoms with Gasteiger partial charge >= 0.3 is 0 Å². The molecule has 1 aliphatic heterocycles. The van der Waals surface area contributed by atoms with E-state index in [2.05, 4.69) is 20.2 Å². The fraction of sp³-hybridized carbons (Fsp3) is 0.400. The highest BCUT2D eigenvalue weighted by Crippen LogP contribution is 2.29. The Morgan fingerprint density at radius 3 is 2.69 bits per heavy atom. The lowest BCUT2D eigenvalue weighted by Crippen LogP contribution is -2.47. The van der Waals surface area contributed by atoms with E-state index >= 15 is 0 Å². The van der Waals surface area contributed by atoms with Gasteiger partial charge in [0.15, 0.2) is 0 Å². The molecule has 3 rings (SSSR count). The number of amides is 2. The van der Waals surface area contributed by atoms with Crippen LogP contribution in [0.1, 0.15) is 19.8 Å². The molecule has 0 unspecified atom stereocenters. The van der Waals surface area contributed by atoms with E-state index in [1.807, 2.05) is 6.92 Å². The van der Waals surface area contributed by atoms with E-state index in [0.29, 0.717) is 28.8 Å². The Balaban J connectivity index is 1.63. The molecule has 0 spiro atoms. The summed E-state index contributed by atoms with van der Waals surface area (Å²) in [6.45, 7) is 3.63. The minimum Gasteiger partial charge on any atom is -0.355 e. The quantitative estimate of drug-likeness (QED) is 0.750. The van der Waals surface area contributed by atoms with E-state index in [1.165, 1.54) is 0 Å². The Bertz CT molecular complexity index is 845. The molecule has 2 aromatic rings. The first kappa shape index (κ1) is 21.3. The second-order valence-corrected chi connectivity index (χ2v) is 7.66. The number of aromatic nitrogens is 2. The number of carbonyl (C=O) groups excluding carboxylic acids is 2. The number of hydrogen-bond donors (Lipinski definition) is 1. The second-order valence-electron chi connectivity index (χ2n) is 6.85. The predicted molar refractivity (Wildman–Crippen MR) is 114 cm³/mol. The Hall–Kier alpha value is -2.38. The number of nitrogens with zero attached hydrogens (tertiary/aromatic N) is 4. The highest BCUT2D eigenvalue weighted by Gasteiger charge is 2.30. The van der Waals surface area contributed by atoms with Crippen LogP contribution >= 0.6 is 23.2 Å². The first-order chi connectivity index (χ1) is 14.0. The van der Waals surface area contributed by atoms with Crippen LogP contribution in [0.25, 0.3) is 0 Å². The molecule has 1 fully saturated rings. The number of nitrogens with one attached hydrogen (secondary N) is 1. The summed E-state index contributed by atoms with van der Waals surface area (Å²) in [5.41, 5.74) is 0.357. The maximum Gasteiger partial charge on any atom is 0.244 e. The lowest BCUT2D eigenvalue weighted by molar-refractivity contribution is -0.138. The van der Waals surface area contributed by atoms with Crippen molar-refractivity contribution in [1.29, 1.82) is 0 Å². The summed E-state index contributed by atoms with van der Waals surface area (Å²) in [6.07, 6.45) is 6.63. The third-order valence-electron chi connectivity index (χ3n) is 4.90. The molecule has 1 aromatic heterocycles. The number of piperidine rings is 1. The van der Waals surface area contributed by atoms with E-state index in [0.717, 1.165) is 25.2 Å². The number of halogens is 2. The molecule has 2 amide bonds. The maximum absolute atomic E-state index is 13.1. The van der Waals surface area contributed by atoms with Gasteiger partial charge in [0.25, 0.3) is 0 Å². The predicted octanol–water partition coefficient (Wildman–Crippen LogP) is 3.49. The normalized spacial score (nSPS) is 16.4. The summed E-state index contributed by atoms with van der Waals surface area (Å²) >= 11 is 12.2. The van der Waals surface area contributed by atoms with E-state index in [9.17, 15) is 9.59 Å². The van der Waals surface area contributed by atoms with Gasteiger partial charge in [0.1, 0.15) is 5.82 Å². The first-order valence-electron chi connectivity index (χ1n) is 9.53. The minimum absolute atomic E-state index is 0.0403. The van der Waals surface area contributed by atoms with Crippen LogP contribution in [0.3, 0.4) is 0 Å². The van der Waals surface area contributed by atoms with Crippen LogP contribution in [0, 0.1) is 5.92 Å². The molecule has 1 aromatic carbocycles. The highest BCUT2D eigenvalue weighted by molar-refractivity contribution is 6.39. The Kier molecular flexibility index (Phi) is 7.28. The minimum atomic E-state index is -0.336. The fourth-order valence-corrected chi connectivity index (χ4v) is 3.91. The number of carbonyl (C=O) groups is 2. The summed E-state index contributed by atoms with van der Waals surface area (Å²) in [6, 6.07) is 5.00. The number of benzene rings is 1. The molecule has 1 N–H and O–H groups in total. The Labute approximate surface area is 180 Å². The lowest BCUT2D eigenvalue weighted by atomic mass is 9.96. The zero-order valence-electron chi connectivity index (χ0n) is 16.1. The summed E-state index contributed by atoms with van der Waals surface area (Å²) in [4.78, 5) is 37.6. The molecule has 154 valence electrons. The number of likely N-dealkylation sites (N-methyl/N-ethyl adjacent to an activating group) is 1. The van der Waals surface area contributed by atoms with Crippen molar-refractivity contribution >= 4 is 46.5 Å². The third kappa shape index (κ3) is 5.36. The largest absolute Gasteiger partial charge is 0.355 e. The van der Waals surface area contributed by atoms with E-state index in [-0.39, 0.29) is 24.3 Å². The maximum atomic E-state index is 13.1. The SMILES string of the molecule is CCN(CC(=O)Nc1c(Cl)cccc1Cl)C(=O)[C@@H]1CCCN(c2cnccn2)C1. The Morgan fingerprint density at radius 2 is 2.03 bits per heavy atom. The van der Waals surface area contributed by atoms with Gasteiger partial charge in [-0.3, -0.25) is 14.6 Å². The van der Waals surface area contributed by atoms with Crippen molar-refractivity contribution < 1.29 is 9.59 Å². The number of hydrogen-bond acceptors (Lipinski definition) is 5. The van der Waals surface area contributed by atoms with Gasteiger partial charge in [0, 0.05) is 32.0 Å². The molecule has 9 heteroatoms. The van der Waals surface area contributed by atoms with Gasteiger partial charge in [0.2, 0.25) is 11.8 Å². The van der Waals surface area contributed by atoms with Gasteiger partial charge in [0.05, 0.1) is 34.4 Å². The topological polar surface area (TPSA) is 78.4 Å². The summed E-state index contributed by atoms with van der Waals surface area (Å²) < 4.78 is 0. The van der Waals surface area contributed by atoms with Crippen molar-refractivity contribution in [3.05, 3.63) is 46.8 Å². The van der Waals surface area contributed by atoms with Crippen LogP contribution in [0.4, 0.5) is 11.5 Å². The van der Waals surface area contributed by atoms with Crippen molar-refractivity contribution in [2.24, 2.45) is 5.92 Å². The molecular weight excluding hydrogens is 413 g/mol. The van der Waals surface area contributed by atoms with Crippen LogP contribution in [0.5, 0.6) is 0 Å². The van der Waals surface area contributed by atoms with Gasteiger partial charge < -0.3 is 15.1 Å². The molecule has 2 heterocycles. The zero-order valence-corrected chi connectivity index (χ0v) is 17.7. The van der Waals surface area contributed by atoms with Crippen LogP contribution in [0.15, 0.2) is 36.8 Å². The molecule has 1 aliphatic rings. The van der Waals surface area contributed by atoms with Crippen molar-refractivity contribution in [2.45, 2.75) is 19.8 Å². The second kappa shape index (κ2) is 9.89. The fourth-order valence-electron chi connectivity index (χ4n) is 3.41. The third-order valence-corrected chi connectivity index (χ3v) is 5.53. The molecular formula is C20H23Cl2N5O2. The van der Waals surface area contributed by atoms with Gasteiger partial charge in [-0.25, -0.2) is 4.98 Å². The molecule has 0 bridgehead atoms. The molecule has 0 saturated carbocycles. The van der Waals surface area contributed by atoms with Crippen molar-refractivity contribution in [3.8, 4) is 0 Å². The van der Waals surface area contributed by atoms with Gasteiger partial charge in [-0.1, -0.05) is 29.3 Å². The van der Waals surface area contributed by atoms with Crippen molar-refractivity contribution in [1.82, 2.24) is 14.9 Å². The summed E-state index contributed by atoms with van der Waals surface area (Å²) in [5, 5.41) is 3.42. The lowest BCUT2D eigenvalue weighted by Gasteiger charge is -2.35. The van der Waals surface area contributed by atoms with Crippen LogP contribution in [0.2, 0.25) is 10.0 Å². The van der Waals surface area contributed by atoms with Gasteiger partial charge in [-0.15, -0.1) is 0 Å². The van der Waals surface area contributed by atoms with Crippen molar-refractivity contribution in [2.75, 3.05) is 36.4 Å². The van der Waals surface area contributed by atoms with Gasteiger partial charge in [-0.05, 0) is 31.9 Å². The summed E-state index contributed by atoms with van der Waals surface area (Å²) in [7, 11) is 0. The van der Waals surface area contributed by atoms with E-state index < -0.39 is 0 Å². The van der Waals surface area contributed by atoms with E-state index in [4.69, 9.17) is 23.2 Å². The van der Waals surface area contributed by atoms with Gasteiger partial charge in [-0.2, -0.15) is 0 Å². The van der Waals surface area contributed by atoms with E-state index in [1.54, 1.807) is 41.7 Å². The summed E-state index contributed by atoms with van der Waals surface area (Å²) in [5.74, 6) is 0.194. The molecule has 0 radical (unpaired) electrons. The number of para-hydroxylation sites is 1. The van der Waals surface area contributed by atoms with Crippen LogP contribution < -0.4 is 10.2 Å². The zero-order chi connectivity index (χ0) is 20.8. The standard InChI is InChI=1S/C20H23Cl2N5O2/c1-2-26(13-18(28)25-19-15(21)6-3-7-16(19)22)20(29)14-5-4-10-27(12-14)17-11-23-8-9-24-17/h3,6-9,11,14H,2,4-5,10,12-13H2,1H3,(H,25,28)/t14-/m1/s1. The van der Waals surface area contributed by atoms with Crippen molar-refractivity contribution in [3.63, 3.8) is 0 Å².